The number of urea groups is 1. The van der Waals surface area contributed by atoms with Gasteiger partial charge in [0.1, 0.15) is 0 Å². The van der Waals surface area contributed by atoms with Crippen molar-refractivity contribution in [1.82, 2.24) is 10.3 Å². The Kier molecular flexibility index (Phi) is 4.07. The topological polar surface area (TPSA) is 63.2 Å². The monoisotopic (exact) mass is 349 g/mol. The van der Waals surface area contributed by atoms with Crippen LogP contribution in [0.5, 0.6) is 0 Å². The molecule has 0 radical (unpaired) electrons. The van der Waals surface area contributed by atoms with Crippen LogP contribution in [0.25, 0.3) is 0 Å². The minimum atomic E-state index is -0.125. The van der Waals surface area contributed by atoms with Crippen molar-refractivity contribution in [2.75, 3.05) is 11.9 Å². The molecule has 1 aromatic rings. The summed E-state index contributed by atoms with van der Waals surface area (Å²) >= 11 is 1.64. The van der Waals surface area contributed by atoms with Crippen molar-refractivity contribution >= 4 is 22.5 Å². The number of thiazole rings is 1. The van der Waals surface area contributed by atoms with E-state index in [0.29, 0.717) is 0 Å². The van der Waals surface area contributed by atoms with E-state index in [0.717, 1.165) is 43.8 Å². The Labute approximate surface area is 147 Å². The summed E-state index contributed by atoms with van der Waals surface area (Å²) in [5.74, 6) is 0. The van der Waals surface area contributed by atoms with Crippen molar-refractivity contribution in [3.63, 3.8) is 0 Å². The standard InChI is InChI=1S/C18H27N3O2S/c1-17(2)7-3-5-13-14(17)20-16(24-13)21-15(22)19-12-6-10-23-18(11-12)8-4-9-18/h12H,3-11H2,1-2H3,(H2,19,20,21,22)/t12-/m0/s1. The number of fused-ring (bicyclic) bond motifs is 1. The first kappa shape index (κ1) is 16.3. The van der Waals surface area contributed by atoms with Crippen molar-refractivity contribution in [2.45, 2.75) is 82.3 Å². The number of amides is 2. The van der Waals surface area contributed by atoms with E-state index >= 15 is 0 Å². The molecule has 1 saturated carbocycles. The van der Waals surface area contributed by atoms with E-state index < -0.39 is 0 Å². The van der Waals surface area contributed by atoms with Crippen LogP contribution in [-0.2, 0) is 16.6 Å². The first-order valence-corrected chi connectivity index (χ1v) is 9.99. The Bertz CT molecular complexity index is 636. The predicted octanol–water partition coefficient (Wildman–Crippen LogP) is 3.98. The molecule has 1 aliphatic heterocycles. The van der Waals surface area contributed by atoms with Crippen LogP contribution in [0.2, 0.25) is 0 Å². The molecule has 2 amide bonds. The Hall–Kier alpha value is -1.14. The average Bonchev–Trinajstić information content (AvgIpc) is 2.89. The number of hydrogen-bond donors (Lipinski definition) is 2. The number of ether oxygens (including phenoxy) is 1. The zero-order valence-electron chi connectivity index (χ0n) is 14.6. The Morgan fingerprint density at radius 2 is 2.12 bits per heavy atom. The van der Waals surface area contributed by atoms with Crippen LogP contribution >= 0.6 is 11.3 Å². The predicted molar refractivity (Wildman–Crippen MR) is 95.8 cm³/mol. The number of hydrogen-bond acceptors (Lipinski definition) is 4. The maximum absolute atomic E-state index is 12.4. The minimum Gasteiger partial charge on any atom is -0.375 e. The van der Waals surface area contributed by atoms with Crippen molar-refractivity contribution in [1.29, 1.82) is 0 Å². The third-order valence-electron chi connectivity index (χ3n) is 5.86. The number of nitrogens with one attached hydrogen (secondary N) is 2. The van der Waals surface area contributed by atoms with Gasteiger partial charge in [0.15, 0.2) is 5.13 Å². The fourth-order valence-electron chi connectivity index (χ4n) is 4.30. The van der Waals surface area contributed by atoms with Crippen LogP contribution in [0.15, 0.2) is 0 Å². The van der Waals surface area contributed by atoms with Crippen LogP contribution in [0.1, 0.15) is 69.4 Å². The second kappa shape index (κ2) is 5.99. The van der Waals surface area contributed by atoms with Crippen molar-refractivity contribution < 1.29 is 9.53 Å². The zero-order valence-corrected chi connectivity index (χ0v) is 15.4. The summed E-state index contributed by atoms with van der Waals surface area (Å²) in [6.07, 6.45) is 8.83. The van der Waals surface area contributed by atoms with E-state index in [4.69, 9.17) is 9.72 Å². The van der Waals surface area contributed by atoms with Crippen LogP contribution in [-0.4, -0.2) is 29.3 Å². The lowest BCUT2D eigenvalue weighted by Gasteiger charge is -2.47. The molecule has 1 aromatic heterocycles. The number of aromatic nitrogens is 1. The highest BCUT2D eigenvalue weighted by Gasteiger charge is 2.43. The molecule has 6 heteroatoms. The lowest BCUT2D eigenvalue weighted by atomic mass is 9.74. The number of aryl methyl sites for hydroxylation is 1. The second-order valence-corrected chi connectivity index (χ2v) is 9.29. The smallest absolute Gasteiger partial charge is 0.321 e. The minimum absolute atomic E-state index is 0.0560. The normalized spacial score (nSPS) is 27.2. The number of anilines is 1. The van der Waals surface area contributed by atoms with Gasteiger partial charge in [-0.1, -0.05) is 13.8 Å². The average molecular weight is 350 g/mol. The molecular weight excluding hydrogens is 322 g/mol. The number of carbonyl (C=O) groups excluding carboxylic acids is 1. The quantitative estimate of drug-likeness (QED) is 0.849. The lowest BCUT2D eigenvalue weighted by molar-refractivity contribution is -0.134. The molecule has 1 saturated heterocycles. The van der Waals surface area contributed by atoms with E-state index in [9.17, 15) is 4.79 Å². The first-order chi connectivity index (χ1) is 11.5. The van der Waals surface area contributed by atoms with E-state index in [1.54, 1.807) is 11.3 Å². The Morgan fingerprint density at radius 3 is 2.83 bits per heavy atom. The summed E-state index contributed by atoms with van der Waals surface area (Å²) in [7, 11) is 0. The summed E-state index contributed by atoms with van der Waals surface area (Å²) in [6, 6.07) is 0.0883. The number of nitrogens with zero attached hydrogens (tertiary/aromatic N) is 1. The molecule has 132 valence electrons. The van der Waals surface area contributed by atoms with Gasteiger partial charge < -0.3 is 10.1 Å². The molecule has 2 heterocycles. The van der Waals surface area contributed by atoms with Gasteiger partial charge in [0, 0.05) is 22.9 Å². The molecule has 1 spiro atoms. The van der Waals surface area contributed by atoms with Gasteiger partial charge in [-0.25, -0.2) is 9.78 Å². The fourth-order valence-corrected chi connectivity index (χ4v) is 5.48. The highest BCUT2D eigenvalue weighted by molar-refractivity contribution is 7.15. The fraction of sp³-hybridized carbons (Fsp3) is 0.778. The van der Waals surface area contributed by atoms with Crippen molar-refractivity contribution in [2.24, 2.45) is 0 Å². The second-order valence-electron chi connectivity index (χ2n) is 8.20. The van der Waals surface area contributed by atoms with E-state index in [-0.39, 0.29) is 23.1 Å². The lowest BCUT2D eigenvalue weighted by Crippen LogP contribution is -2.52. The number of carbonyl (C=O) groups is 1. The van der Waals surface area contributed by atoms with Crippen LogP contribution < -0.4 is 10.6 Å². The molecular formula is C18H27N3O2S. The zero-order chi connectivity index (χ0) is 16.8. The maximum Gasteiger partial charge on any atom is 0.321 e. The van der Waals surface area contributed by atoms with Crippen LogP contribution in [0.3, 0.4) is 0 Å². The third-order valence-corrected chi connectivity index (χ3v) is 6.89. The Morgan fingerprint density at radius 1 is 1.29 bits per heavy atom. The van der Waals surface area contributed by atoms with Gasteiger partial charge in [0.2, 0.25) is 0 Å². The van der Waals surface area contributed by atoms with Gasteiger partial charge in [-0.05, 0) is 51.4 Å². The highest BCUT2D eigenvalue weighted by atomic mass is 32.1. The van der Waals surface area contributed by atoms with E-state index in [1.807, 2.05) is 0 Å². The van der Waals surface area contributed by atoms with Gasteiger partial charge in [-0.3, -0.25) is 5.32 Å². The summed E-state index contributed by atoms with van der Waals surface area (Å²) in [4.78, 5) is 18.4. The highest BCUT2D eigenvalue weighted by Crippen LogP contribution is 2.42. The molecule has 24 heavy (non-hydrogen) atoms. The summed E-state index contributed by atoms with van der Waals surface area (Å²) in [5.41, 5.74) is 1.35. The van der Waals surface area contributed by atoms with E-state index in [1.165, 1.54) is 29.8 Å². The van der Waals surface area contributed by atoms with Crippen molar-refractivity contribution in [3.8, 4) is 0 Å². The van der Waals surface area contributed by atoms with Crippen molar-refractivity contribution in [3.05, 3.63) is 10.6 Å². The van der Waals surface area contributed by atoms with Gasteiger partial charge in [-0.2, -0.15) is 0 Å². The van der Waals surface area contributed by atoms with Gasteiger partial charge in [0.05, 0.1) is 11.3 Å². The third kappa shape index (κ3) is 3.06. The van der Waals surface area contributed by atoms with Crippen LogP contribution in [0.4, 0.5) is 9.93 Å². The Balaban J connectivity index is 1.37. The first-order valence-electron chi connectivity index (χ1n) is 9.18. The van der Waals surface area contributed by atoms with E-state index in [2.05, 4.69) is 24.5 Å². The van der Waals surface area contributed by atoms with Crippen LogP contribution in [0, 0.1) is 0 Å². The molecule has 2 aliphatic carbocycles. The van der Waals surface area contributed by atoms with Gasteiger partial charge in [0.25, 0.3) is 0 Å². The van der Waals surface area contributed by atoms with Gasteiger partial charge in [-0.15, -0.1) is 11.3 Å². The molecule has 4 rings (SSSR count). The molecule has 2 N–H and O–H groups in total. The largest absolute Gasteiger partial charge is 0.375 e. The molecule has 3 aliphatic rings. The molecule has 0 unspecified atom stereocenters. The molecule has 0 aromatic carbocycles. The van der Waals surface area contributed by atoms with Gasteiger partial charge >= 0.3 is 6.03 Å². The number of rotatable bonds is 2. The molecule has 5 nitrogen and oxygen atoms in total. The summed E-state index contributed by atoms with van der Waals surface area (Å²) < 4.78 is 5.93. The molecule has 1 atom stereocenters. The molecule has 2 fully saturated rings. The summed E-state index contributed by atoms with van der Waals surface area (Å²) in [6.45, 7) is 5.24. The SMILES string of the molecule is CC1(C)CCCc2sc(NC(=O)N[C@H]3CCOC4(CCC4)C3)nc21. The molecule has 0 bridgehead atoms. The summed E-state index contributed by atoms with van der Waals surface area (Å²) in [5, 5.41) is 6.83. The maximum atomic E-state index is 12.4.